The summed E-state index contributed by atoms with van der Waals surface area (Å²) >= 11 is 6.04. The second-order valence-corrected chi connectivity index (χ2v) is 5.24. The Morgan fingerprint density at radius 3 is 2.47 bits per heavy atom. The molecule has 2 N–H and O–H groups in total. The monoisotopic (exact) mass is 283 g/mol. The molecule has 0 saturated carbocycles. The number of aryl methyl sites for hydroxylation is 2. The fourth-order valence-corrected chi connectivity index (χ4v) is 1.99. The van der Waals surface area contributed by atoms with Gasteiger partial charge in [0.2, 0.25) is 0 Å². The quantitative estimate of drug-likeness (QED) is 0.873. The highest BCUT2D eigenvalue weighted by atomic mass is 35.5. The lowest BCUT2D eigenvalue weighted by Gasteiger charge is -2.12. The molecule has 0 aliphatic carbocycles. The van der Waals surface area contributed by atoms with Crippen molar-refractivity contribution in [3.63, 3.8) is 0 Å². The Hall–Kier alpha value is -1.55. The zero-order chi connectivity index (χ0) is 14.6. The van der Waals surface area contributed by atoms with Crippen LogP contribution in [0.15, 0.2) is 12.1 Å². The third-order valence-corrected chi connectivity index (χ3v) is 3.27. The number of carboxylic acid groups (broad SMARTS) is 1. The molecule has 0 bridgehead atoms. The first-order valence-corrected chi connectivity index (χ1v) is 6.45. The summed E-state index contributed by atoms with van der Waals surface area (Å²) in [5.41, 5.74) is 2.45. The van der Waals surface area contributed by atoms with E-state index < -0.39 is 5.97 Å². The predicted molar refractivity (Wildman–Crippen MR) is 74.7 cm³/mol. The zero-order valence-electron chi connectivity index (χ0n) is 11.3. The van der Waals surface area contributed by atoms with Crippen LogP contribution in [0.1, 0.15) is 34.8 Å². The van der Waals surface area contributed by atoms with Crippen LogP contribution in [0.5, 0.6) is 0 Å². The van der Waals surface area contributed by atoms with Crippen molar-refractivity contribution >= 4 is 23.5 Å². The average Bonchev–Trinajstić information content (AvgIpc) is 2.30. The van der Waals surface area contributed by atoms with E-state index in [0.717, 1.165) is 11.1 Å². The smallest absolute Gasteiger partial charge is 0.303 e. The standard InChI is InChI=1S/C14H18ClNO3/c1-8(4-13(17)18)7-16-14(19)11-5-9(2)10(3)6-12(11)15/h5-6,8H,4,7H2,1-3H3,(H,16,19)(H,17,18). The summed E-state index contributed by atoms with van der Waals surface area (Å²) in [6.07, 6.45) is 0.0287. The van der Waals surface area contributed by atoms with Gasteiger partial charge < -0.3 is 10.4 Å². The Balaban J connectivity index is 2.69. The normalized spacial score (nSPS) is 12.0. The summed E-state index contributed by atoms with van der Waals surface area (Å²) in [6.45, 7) is 5.93. The van der Waals surface area contributed by atoms with E-state index >= 15 is 0 Å². The number of carbonyl (C=O) groups is 2. The van der Waals surface area contributed by atoms with Crippen molar-refractivity contribution in [1.29, 1.82) is 0 Å². The number of amides is 1. The summed E-state index contributed by atoms with van der Waals surface area (Å²) in [5.74, 6) is -1.26. The molecule has 0 aliphatic heterocycles. The molecule has 0 aromatic heterocycles. The second kappa shape index (κ2) is 6.57. The number of aliphatic carboxylic acids is 1. The average molecular weight is 284 g/mol. The summed E-state index contributed by atoms with van der Waals surface area (Å²) < 4.78 is 0. The number of hydrogen-bond acceptors (Lipinski definition) is 2. The number of nitrogens with one attached hydrogen (secondary N) is 1. The van der Waals surface area contributed by atoms with E-state index in [0.29, 0.717) is 17.1 Å². The molecule has 0 radical (unpaired) electrons. The molecular weight excluding hydrogens is 266 g/mol. The van der Waals surface area contributed by atoms with Gasteiger partial charge in [0.15, 0.2) is 0 Å². The van der Waals surface area contributed by atoms with Gasteiger partial charge in [0.1, 0.15) is 0 Å². The van der Waals surface area contributed by atoms with E-state index in [1.807, 2.05) is 13.8 Å². The Morgan fingerprint density at radius 2 is 1.89 bits per heavy atom. The molecule has 0 aliphatic rings. The van der Waals surface area contributed by atoms with Crippen LogP contribution >= 0.6 is 11.6 Å². The number of benzene rings is 1. The van der Waals surface area contributed by atoms with Crippen molar-refractivity contribution in [3.8, 4) is 0 Å². The first kappa shape index (κ1) is 15.5. The molecule has 1 rings (SSSR count). The maximum atomic E-state index is 12.0. The number of hydrogen-bond donors (Lipinski definition) is 2. The van der Waals surface area contributed by atoms with Crippen LogP contribution in [-0.2, 0) is 4.79 Å². The molecule has 1 atom stereocenters. The number of carbonyl (C=O) groups excluding carboxylic acids is 1. The van der Waals surface area contributed by atoms with Crippen LogP contribution < -0.4 is 5.32 Å². The van der Waals surface area contributed by atoms with Gasteiger partial charge in [-0.3, -0.25) is 9.59 Å². The summed E-state index contributed by atoms with van der Waals surface area (Å²) in [4.78, 5) is 22.5. The van der Waals surface area contributed by atoms with E-state index in [9.17, 15) is 9.59 Å². The van der Waals surface area contributed by atoms with Gasteiger partial charge in [-0.1, -0.05) is 18.5 Å². The third kappa shape index (κ3) is 4.56. The van der Waals surface area contributed by atoms with Gasteiger partial charge in [0.05, 0.1) is 10.6 Å². The Bertz CT molecular complexity index is 500. The molecule has 0 heterocycles. The molecule has 19 heavy (non-hydrogen) atoms. The molecule has 1 unspecified atom stereocenters. The topological polar surface area (TPSA) is 66.4 Å². The van der Waals surface area contributed by atoms with Crippen LogP contribution in [0.4, 0.5) is 0 Å². The van der Waals surface area contributed by atoms with E-state index in [1.54, 1.807) is 19.1 Å². The van der Waals surface area contributed by atoms with Crippen molar-refractivity contribution in [1.82, 2.24) is 5.32 Å². The minimum Gasteiger partial charge on any atom is -0.481 e. The molecule has 1 amide bonds. The molecule has 0 saturated heterocycles. The highest BCUT2D eigenvalue weighted by Crippen LogP contribution is 2.20. The molecule has 0 spiro atoms. The van der Waals surface area contributed by atoms with Crippen molar-refractivity contribution in [2.45, 2.75) is 27.2 Å². The molecule has 1 aromatic rings. The van der Waals surface area contributed by atoms with Crippen LogP contribution in [0.2, 0.25) is 5.02 Å². The molecule has 104 valence electrons. The fraction of sp³-hybridized carbons (Fsp3) is 0.429. The molecule has 0 fully saturated rings. The Labute approximate surface area is 117 Å². The van der Waals surface area contributed by atoms with Crippen LogP contribution in [0.3, 0.4) is 0 Å². The van der Waals surface area contributed by atoms with Crippen molar-refractivity contribution < 1.29 is 14.7 Å². The van der Waals surface area contributed by atoms with Crippen LogP contribution in [0.25, 0.3) is 0 Å². The first-order valence-electron chi connectivity index (χ1n) is 6.08. The first-order chi connectivity index (χ1) is 8.81. The van der Waals surface area contributed by atoms with E-state index in [1.165, 1.54) is 0 Å². The lowest BCUT2D eigenvalue weighted by molar-refractivity contribution is -0.137. The minimum absolute atomic E-state index is 0.0287. The van der Waals surface area contributed by atoms with Gasteiger partial charge >= 0.3 is 5.97 Å². The number of rotatable bonds is 5. The van der Waals surface area contributed by atoms with Gasteiger partial charge in [-0.25, -0.2) is 0 Å². The van der Waals surface area contributed by atoms with Crippen LogP contribution in [0, 0.1) is 19.8 Å². The summed E-state index contributed by atoms with van der Waals surface area (Å²) in [5, 5.41) is 11.8. The van der Waals surface area contributed by atoms with E-state index in [2.05, 4.69) is 5.32 Å². The maximum Gasteiger partial charge on any atom is 0.303 e. The van der Waals surface area contributed by atoms with Gasteiger partial charge in [0, 0.05) is 13.0 Å². The molecule has 4 nitrogen and oxygen atoms in total. The minimum atomic E-state index is -0.869. The van der Waals surface area contributed by atoms with Crippen molar-refractivity contribution in [2.24, 2.45) is 5.92 Å². The Kier molecular flexibility index (Phi) is 5.36. The molecule has 5 heteroatoms. The SMILES string of the molecule is Cc1cc(Cl)c(C(=O)NCC(C)CC(=O)O)cc1C. The van der Waals surface area contributed by atoms with E-state index in [4.69, 9.17) is 16.7 Å². The molecular formula is C14H18ClNO3. The second-order valence-electron chi connectivity index (χ2n) is 4.83. The highest BCUT2D eigenvalue weighted by molar-refractivity contribution is 6.34. The molecule has 1 aromatic carbocycles. The van der Waals surface area contributed by atoms with Gasteiger partial charge in [-0.15, -0.1) is 0 Å². The van der Waals surface area contributed by atoms with Gasteiger partial charge in [-0.2, -0.15) is 0 Å². The van der Waals surface area contributed by atoms with Gasteiger partial charge in [-0.05, 0) is 43.0 Å². The largest absolute Gasteiger partial charge is 0.481 e. The third-order valence-electron chi connectivity index (χ3n) is 2.96. The number of halogens is 1. The van der Waals surface area contributed by atoms with Crippen LogP contribution in [-0.4, -0.2) is 23.5 Å². The lowest BCUT2D eigenvalue weighted by atomic mass is 10.0. The summed E-state index contributed by atoms with van der Waals surface area (Å²) in [7, 11) is 0. The Morgan fingerprint density at radius 1 is 1.32 bits per heavy atom. The van der Waals surface area contributed by atoms with Gasteiger partial charge in [0.25, 0.3) is 5.91 Å². The predicted octanol–water partition coefficient (Wildman–Crippen LogP) is 2.80. The zero-order valence-corrected chi connectivity index (χ0v) is 12.0. The van der Waals surface area contributed by atoms with Crippen molar-refractivity contribution in [2.75, 3.05) is 6.54 Å². The van der Waals surface area contributed by atoms with E-state index in [-0.39, 0.29) is 18.2 Å². The fourth-order valence-electron chi connectivity index (χ4n) is 1.69. The number of carboxylic acids is 1. The van der Waals surface area contributed by atoms with Crippen molar-refractivity contribution in [3.05, 3.63) is 33.8 Å². The lowest BCUT2D eigenvalue weighted by Crippen LogP contribution is -2.29. The summed E-state index contributed by atoms with van der Waals surface area (Å²) in [6, 6.07) is 3.50. The highest BCUT2D eigenvalue weighted by Gasteiger charge is 2.14. The maximum absolute atomic E-state index is 12.0.